The molecule has 0 bridgehead atoms. The van der Waals surface area contributed by atoms with Crippen molar-refractivity contribution < 1.29 is 22.3 Å². The monoisotopic (exact) mass is 455 g/mol. The van der Waals surface area contributed by atoms with Crippen molar-refractivity contribution in [1.82, 2.24) is 4.90 Å². The summed E-state index contributed by atoms with van der Waals surface area (Å²) in [5.74, 6) is -0.868. The maximum atomic E-state index is 14.1. The van der Waals surface area contributed by atoms with Gasteiger partial charge in [0.05, 0.1) is 11.5 Å². The predicted octanol–water partition coefficient (Wildman–Crippen LogP) is 4.35. The van der Waals surface area contributed by atoms with Gasteiger partial charge < -0.3 is 9.64 Å². The maximum Gasteiger partial charge on any atom is 0.264 e. The zero-order chi connectivity index (χ0) is 22.7. The second kappa shape index (κ2) is 9.28. The van der Waals surface area contributed by atoms with Crippen LogP contribution in [0.2, 0.25) is 0 Å². The molecule has 0 radical (unpaired) electrons. The zero-order valence-electron chi connectivity index (χ0n) is 17.9. The van der Waals surface area contributed by atoms with Gasteiger partial charge in [-0.15, -0.1) is 0 Å². The molecule has 7 heteroatoms. The Balaban J connectivity index is 1.67. The molecule has 1 aliphatic rings. The molecule has 32 heavy (non-hydrogen) atoms. The minimum absolute atomic E-state index is 0.0110. The largest absolute Gasteiger partial charge is 0.478 e. The summed E-state index contributed by atoms with van der Waals surface area (Å²) in [6, 6.07) is 19.3. The number of hydrogen-bond donors (Lipinski definition) is 0. The van der Waals surface area contributed by atoms with E-state index in [1.54, 1.807) is 24.0 Å². The second-order valence-electron chi connectivity index (χ2n) is 8.11. The molecule has 2 unspecified atom stereocenters. The number of nitrogens with zero attached hydrogens (tertiary/aromatic N) is 1. The van der Waals surface area contributed by atoms with Crippen LogP contribution in [-0.4, -0.2) is 42.9 Å². The molecular weight excluding hydrogens is 429 g/mol. The number of para-hydroxylation sites is 1. The summed E-state index contributed by atoms with van der Waals surface area (Å²) >= 11 is 0. The molecule has 0 N–H and O–H groups in total. The van der Waals surface area contributed by atoms with Gasteiger partial charge in [-0.25, -0.2) is 12.8 Å². The third kappa shape index (κ3) is 4.78. The van der Waals surface area contributed by atoms with Crippen molar-refractivity contribution in [3.8, 4) is 5.75 Å². The van der Waals surface area contributed by atoms with Crippen molar-refractivity contribution in [3.63, 3.8) is 0 Å². The Labute approximate surface area is 187 Å². The Morgan fingerprint density at radius 3 is 2.53 bits per heavy atom. The number of amides is 1. The minimum atomic E-state index is -3.20. The fraction of sp³-hybridized carbons (Fsp3) is 0.320. The van der Waals surface area contributed by atoms with Crippen LogP contribution in [0.25, 0.3) is 10.8 Å². The summed E-state index contributed by atoms with van der Waals surface area (Å²) in [7, 11) is -3.20. The van der Waals surface area contributed by atoms with E-state index >= 15 is 0 Å². The van der Waals surface area contributed by atoms with Crippen LogP contribution < -0.4 is 4.74 Å². The van der Waals surface area contributed by atoms with Crippen LogP contribution in [0, 0.1) is 5.82 Å². The molecule has 0 saturated carbocycles. The Morgan fingerprint density at radius 2 is 1.81 bits per heavy atom. The van der Waals surface area contributed by atoms with Crippen LogP contribution in [0.4, 0.5) is 4.39 Å². The third-order valence-electron chi connectivity index (χ3n) is 5.90. The van der Waals surface area contributed by atoms with Gasteiger partial charge in [0.1, 0.15) is 0 Å². The van der Waals surface area contributed by atoms with Crippen LogP contribution >= 0.6 is 0 Å². The summed E-state index contributed by atoms with van der Waals surface area (Å²) in [6.07, 6.45) is -0.196. The molecule has 1 heterocycles. The van der Waals surface area contributed by atoms with Gasteiger partial charge >= 0.3 is 0 Å². The summed E-state index contributed by atoms with van der Waals surface area (Å²) < 4.78 is 44.3. The van der Waals surface area contributed by atoms with Gasteiger partial charge in [-0.05, 0) is 41.3 Å². The lowest BCUT2D eigenvalue weighted by Gasteiger charge is -2.32. The molecule has 1 aliphatic heterocycles. The lowest BCUT2D eigenvalue weighted by Crippen LogP contribution is -2.47. The van der Waals surface area contributed by atoms with Crippen LogP contribution in [0.3, 0.4) is 0 Å². The van der Waals surface area contributed by atoms with Gasteiger partial charge in [-0.3, -0.25) is 4.79 Å². The lowest BCUT2D eigenvalue weighted by molar-refractivity contribution is -0.141. The first kappa shape index (κ1) is 22.3. The van der Waals surface area contributed by atoms with E-state index in [0.29, 0.717) is 12.8 Å². The number of rotatable bonds is 7. The number of ether oxygens (including phenoxy) is 1. The molecule has 168 valence electrons. The number of halogens is 1. The predicted molar refractivity (Wildman–Crippen MR) is 123 cm³/mol. The van der Waals surface area contributed by atoms with E-state index in [4.69, 9.17) is 4.74 Å². The standard InChI is InChI=1S/C25H26FNO4S/c1-2-23(31-24-13-6-5-12-22(24)26)25(28)27(20-14-15-32(29,30)17-20)16-19-10-7-9-18-8-3-4-11-21(18)19/h3-13,20,23H,2,14-17H2,1H3. The summed E-state index contributed by atoms with van der Waals surface area (Å²) in [6.45, 7) is 2.06. The normalized spacial score (nSPS) is 18.4. The molecule has 4 rings (SSSR count). The number of benzene rings is 3. The van der Waals surface area contributed by atoms with Crippen molar-refractivity contribution in [2.75, 3.05) is 11.5 Å². The summed E-state index contributed by atoms with van der Waals surface area (Å²) in [4.78, 5) is 15.2. The fourth-order valence-electron chi connectivity index (χ4n) is 4.21. The molecule has 2 atom stereocenters. The Bertz CT molecular complexity index is 1220. The highest BCUT2D eigenvalue weighted by Crippen LogP contribution is 2.27. The summed E-state index contributed by atoms with van der Waals surface area (Å²) in [5, 5.41) is 2.06. The highest BCUT2D eigenvalue weighted by molar-refractivity contribution is 7.91. The number of carbonyl (C=O) groups excluding carboxylic acids is 1. The molecule has 3 aromatic rings. The summed E-state index contributed by atoms with van der Waals surface area (Å²) in [5.41, 5.74) is 0.932. The Kier molecular flexibility index (Phi) is 6.46. The van der Waals surface area contributed by atoms with Crippen LogP contribution in [0.1, 0.15) is 25.3 Å². The van der Waals surface area contributed by atoms with Gasteiger partial charge in [0.15, 0.2) is 27.5 Å². The first-order valence-corrected chi connectivity index (χ1v) is 12.6. The smallest absolute Gasteiger partial charge is 0.264 e. The van der Waals surface area contributed by atoms with Crippen LogP contribution in [-0.2, 0) is 21.2 Å². The van der Waals surface area contributed by atoms with Gasteiger partial charge in [0.2, 0.25) is 0 Å². The SMILES string of the molecule is CCC(Oc1ccccc1F)C(=O)N(Cc1cccc2ccccc12)C1CCS(=O)(=O)C1. The number of hydrogen-bond acceptors (Lipinski definition) is 4. The van der Waals surface area contributed by atoms with Gasteiger partial charge in [-0.2, -0.15) is 0 Å². The average Bonchev–Trinajstić information content (AvgIpc) is 3.15. The first-order chi connectivity index (χ1) is 15.4. The quantitative estimate of drug-likeness (QED) is 0.531. The highest BCUT2D eigenvalue weighted by Gasteiger charge is 2.37. The number of sulfone groups is 1. The molecule has 0 aromatic heterocycles. The molecule has 1 amide bonds. The van der Waals surface area contributed by atoms with Crippen LogP contribution in [0.5, 0.6) is 5.75 Å². The first-order valence-electron chi connectivity index (χ1n) is 10.8. The molecule has 1 fully saturated rings. The molecule has 5 nitrogen and oxygen atoms in total. The van der Waals surface area contributed by atoms with E-state index in [1.807, 2.05) is 42.5 Å². The van der Waals surface area contributed by atoms with Crippen molar-refractivity contribution >= 4 is 26.5 Å². The molecular formula is C25H26FNO4S. The van der Waals surface area contributed by atoms with E-state index in [1.165, 1.54) is 12.1 Å². The van der Waals surface area contributed by atoms with Crippen molar-refractivity contribution in [1.29, 1.82) is 0 Å². The molecule has 1 saturated heterocycles. The Morgan fingerprint density at radius 1 is 1.09 bits per heavy atom. The van der Waals surface area contributed by atoms with Crippen molar-refractivity contribution in [2.24, 2.45) is 0 Å². The van der Waals surface area contributed by atoms with Crippen molar-refractivity contribution in [2.45, 2.75) is 38.5 Å². The zero-order valence-corrected chi connectivity index (χ0v) is 18.7. The molecule has 0 spiro atoms. The van der Waals surface area contributed by atoms with E-state index in [-0.39, 0.29) is 29.7 Å². The van der Waals surface area contributed by atoms with Gasteiger partial charge in [0, 0.05) is 12.6 Å². The van der Waals surface area contributed by atoms with Crippen LogP contribution in [0.15, 0.2) is 66.7 Å². The van der Waals surface area contributed by atoms with Crippen molar-refractivity contribution in [3.05, 3.63) is 78.1 Å². The van der Waals surface area contributed by atoms with E-state index in [9.17, 15) is 17.6 Å². The number of carbonyl (C=O) groups is 1. The Hall–Kier alpha value is -2.93. The lowest BCUT2D eigenvalue weighted by atomic mass is 10.0. The average molecular weight is 456 g/mol. The molecule has 0 aliphatic carbocycles. The minimum Gasteiger partial charge on any atom is -0.478 e. The topological polar surface area (TPSA) is 63.7 Å². The van der Waals surface area contributed by atoms with Gasteiger partial charge in [-0.1, -0.05) is 61.5 Å². The fourth-order valence-corrected chi connectivity index (χ4v) is 5.94. The second-order valence-corrected chi connectivity index (χ2v) is 10.3. The van der Waals surface area contributed by atoms with Gasteiger partial charge in [0.25, 0.3) is 5.91 Å². The highest BCUT2D eigenvalue weighted by atomic mass is 32.2. The molecule has 3 aromatic carbocycles. The van der Waals surface area contributed by atoms with E-state index in [2.05, 4.69) is 0 Å². The van der Waals surface area contributed by atoms with E-state index < -0.39 is 27.8 Å². The number of fused-ring (bicyclic) bond motifs is 1. The third-order valence-corrected chi connectivity index (χ3v) is 7.66. The van der Waals surface area contributed by atoms with E-state index in [0.717, 1.165) is 16.3 Å². The maximum absolute atomic E-state index is 14.1.